The first kappa shape index (κ1) is 9.00. The van der Waals surface area contributed by atoms with Crippen LogP contribution in [0.2, 0.25) is 0 Å². The van der Waals surface area contributed by atoms with Crippen molar-refractivity contribution >= 4 is 33.9 Å². The van der Waals surface area contributed by atoms with Crippen LogP contribution in [0.25, 0.3) is 12.2 Å². The summed E-state index contributed by atoms with van der Waals surface area (Å²) < 4.78 is 0.781. The highest BCUT2D eigenvalue weighted by Crippen LogP contribution is 2.21. The molecule has 0 aliphatic heterocycles. The normalized spacial score (nSPS) is 9.42. The summed E-state index contributed by atoms with van der Waals surface area (Å²) in [5.74, 6) is 0.468. The molecule has 1 heterocycles. The predicted molar refractivity (Wildman–Crippen MR) is 56.5 cm³/mol. The van der Waals surface area contributed by atoms with E-state index in [4.69, 9.17) is 5.73 Å². The van der Waals surface area contributed by atoms with Crippen molar-refractivity contribution in [2.75, 3.05) is 5.73 Å². The second-order valence-corrected chi connectivity index (χ2v) is 3.09. The number of aromatic nitrogens is 1. The molecule has 2 N–H and O–H groups in total. The number of halogens is 1. The smallest absolute Gasteiger partial charge is 0.138 e. The number of nitrogen functional groups attached to an aromatic ring is 1. The van der Waals surface area contributed by atoms with Crippen LogP contribution in [0.15, 0.2) is 23.7 Å². The van der Waals surface area contributed by atoms with Crippen molar-refractivity contribution in [1.29, 1.82) is 0 Å². The highest BCUT2D eigenvalue weighted by Gasteiger charge is 2.02. The van der Waals surface area contributed by atoms with Gasteiger partial charge in [0.1, 0.15) is 5.82 Å². The molecule has 0 amide bonds. The molecule has 0 unspecified atom stereocenters. The lowest BCUT2D eigenvalue weighted by atomic mass is 10.2. The molecule has 0 spiro atoms. The van der Waals surface area contributed by atoms with E-state index < -0.39 is 0 Å². The Morgan fingerprint density at radius 3 is 2.58 bits per heavy atom. The summed E-state index contributed by atoms with van der Waals surface area (Å²) in [6, 6.07) is 1.87. The van der Waals surface area contributed by atoms with Gasteiger partial charge in [0.15, 0.2) is 0 Å². The summed E-state index contributed by atoms with van der Waals surface area (Å²) in [6.07, 6.45) is 3.37. The minimum Gasteiger partial charge on any atom is -0.383 e. The molecule has 0 aromatic carbocycles. The molecular formula is C9H9BrN2. The maximum Gasteiger partial charge on any atom is 0.138 e. The Bertz CT molecular complexity index is 299. The van der Waals surface area contributed by atoms with Crippen molar-refractivity contribution in [2.45, 2.75) is 0 Å². The molecule has 0 fully saturated rings. The fourth-order valence-electron chi connectivity index (χ4n) is 0.859. The fourth-order valence-corrected chi connectivity index (χ4v) is 1.19. The quantitative estimate of drug-likeness (QED) is 0.840. The second kappa shape index (κ2) is 3.54. The van der Waals surface area contributed by atoms with Gasteiger partial charge in [0.2, 0.25) is 0 Å². The van der Waals surface area contributed by atoms with Gasteiger partial charge in [-0.15, -0.1) is 0 Å². The molecule has 12 heavy (non-hydrogen) atoms. The number of nitrogens with two attached hydrogens (primary N) is 1. The summed E-state index contributed by atoms with van der Waals surface area (Å²) in [7, 11) is 0. The van der Waals surface area contributed by atoms with Gasteiger partial charge in [-0.1, -0.05) is 19.2 Å². The molecule has 0 atom stereocenters. The third-order valence-electron chi connectivity index (χ3n) is 1.48. The number of rotatable bonds is 2. The minimum absolute atomic E-state index is 0.468. The summed E-state index contributed by atoms with van der Waals surface area (Å²) in [5.41, 5.74) is 7.26. The van der Waals surface area contributed by atoms with Crippen molar-refractivity contribution in [3.05, 3.63) is 35.0 Å². The number of hydrogen-bond acceptors (Lipinski definition) is 2. The zero-order chi connectivity index (χ0) is 9.14. The molecule has 0 aliphatic carbocycles. The van der Waals surface area contributed by atoms with Crippen LogP contribution in [0.5, 0.6) is 0 Å². The van der Waals surface area contributed by atoms with Crippen molar-refractivity contribution in [2.24, 2.45) is 0 Å². The van der Waals surface area contributed by atoms with E-state index >= 15 is 0 Å². The largest absolute Gasteiger partial charge is 0.383 e. The lowest BCUT2D eigenvalue weighted by Gasteiger charge is -2.03. The third kappa shape index (κ3) is 1.56. The van der Waals surface area contributed by atoms with Crippen molar-refractivity contribution in [1.82, 2.24) is 4.98 Å². The SMILES string of the molecule is C=Cc1cc(Br)c(N)nc1C=C. The zero-order valence-corrected chi connectivity index (χ0v) is 8.13. The minimum atomic E-state index is 0.468. The molecule has 62 valence electrons. The van der Waals surface area contributed by atoms with Gasteiger partial charge >= 0.3 is 0 Å². The van der Waals surface area contributed by atoms with Crippen LogP contribution in [0.1, 0.15) is 11.3 Å². The predicted octanol–water partition coefficient (Wildman–Crippen LogP) is 2.71. The Morgan fingerprint density at radius 2 is 2.08 bits per heavy atom. The zero-order valence-electron chi connectivity index (χ0n) is 6.55. The van der Waals surface area contributed by atoms with Crippen molar-refractivity contribution < 1.29 is 0 Å². The summed E-state index contributed by atoms with van der Waals surface area (Å²) in [6.45, 7) is 7.29. The van der Waals surface area contributed by atoms with E-state index in [2.05, 4.69) is 34.1 Å². The van der Waals surface area contributed by atoms with E-state index in [9.17, 15) is 0 Å². The second-order valence-electron chi connectivity index (χ2n) is 2.24. The maximum absolute atomic E-state index is 5.58. The third-order valence-corrected chi connectivity index (χ3v) is 2.11. The lowest BCUT2D eigenvalue weighted by Crippen LogP contribution is -1.95. The first-order chi connectivity index (χ1) is 5.69. The summed E-state index contributed by atoms with van der Waals surface area (Å²) >= 11 is 3.28. The molecule has 0 radical (unpaired) electrons. The van der Waals surface area contributed by atoms with Crippen LogP contribution in [-0.4, -0.2) is 4.98 Å². The Kier molecular flexibility index (Phi) is 2.65. The van der Waals surface area contributed by atoms with Crippen molar-refractivity contribution in [3.63, 3.8) is 0 Å². The van der Waals surface area contributed by atoms with Gasteiger partial charge in [0, 0.05) is 5.56 Å². The van der Waals surface area contributed by atoms with Crippen molar-refractivity contribution in [3.8, 4) is 0 Å². The van der Waals surface area contributed by atoms with Crippen LogP contribution in [0.3, 0.4) is 0 Å². The summed E-state index contributed by atoms with van der Waals surface area (Å²) in [4.78, 5) is 4.10. The molecule has 1 aromatic heterocycles. The van der Waals surface area contributed by atoms with Crippen LogP contribution in [0, 0.1) is 0 Å². The Morgan fingerprint density at radius 1 is 1.42 bits per heavy atom. The topological polar surface area (TPSA) is 38.9 Å². The number of hydrogen-bond donors (Lipinski definition) is 1. The average molecular weight is 225 g/mol. The monoisotopic (exact) mass is 224 g/mol. The fraction of sp³-hybridized carbons (Fsp3) is 0. The van der Waals surface area contributed by atoms with Gasteiger partial charge in [-0.3, -0.25) is 0 Å². The molecule has 2 nitrogen and oxygen atoms in total. The first-order valence-electron chi connectivity index (χ1n) is 3.40. The lowest BCUT2D eigenvalue weighted by molar-refractivity contribution is 1.28. The van der Waals surface area contributed by atoms with Gasteiger partial charge in [0.05, 0.1) is 10.2 Å². The highest BCUT2D eigenvalue weighted by atomic mass is 79.9. The molecule has 0 aliphatic rings. The Balaban J connectivity index is 3.37. The molecule has 0 bridgehead atoms. The van der Waals surface area contributed by atoms with E-state index in [1.807, 2.05) is 6.07 Å². The van der Waals surface area contributed by atoms with Crippen LogP contribution in [-0.2, 0) is 0 Å². The Hall–Kier alpha value is -1.09. The van der Waals surface area contributed by atoms with Crippen LogP contribution in [0.4, 0.5) is 5.82 Å². The average Bonchev–Trinajstić information content (AvgIpc) is 2.09. The molecule has 0 saturated heterocycles. The van der Waals surface area contributed by atoms with E-state index in [1.165, 1.54) is 0 Å². The maximum atomic E-state index is 5.58. The highest BCUT2D eigenvalue weighted by molar-refractivity contribution is 9.10. The molecule has 1 aromatic rings. The van der Waals surface area contributed by atoms with Gasteiger partial charge in [-0.25, -0.2) is 4.98 Å². The molecule has 1 rings (SSSR count). The van der Waals surface area contributed by atoms with E-state index in [-0.39, 0.29) is 0 Å². The van der Waals surface area contributed by atoms with Gasteiger partial charge in [0.25, 0.3) is 0 Å². The van der Waals surface area contributed by atoms with Crippen LogP contribution < -0.4 is 5.73 Å². The van der Waals surface area contributed by atoms with E-state index in [1.54, 1.807) is 12.2 Å². The molecule has 3 heteroatoms. The van der Waals surface area contributed by atoms with E-state index in [0.717, 1.165) is 15.7 Å². The molecular weight excluding hydrogens is 216 g/mol. The number of nitrogens with zero attached hydrogens (tertiary/aromatic N) is 1. The van der Waals surface area contributed by atoms with E-state index in [0.29, 0.717) is 5.82 Å². The van der Waals surface area contributed by atoms with Gasteiger partial charge < -0.3 is 5.73 Å². The standard InChI is InChI=1S/C9H9BrN2/c1-3-6-5-7(10)9(11)12-8(6)4-2/h3-5H,1-2H2,(H2,11,12). The Labute approximate surface area is 79.9 Å². The number of anilines is 1. The molecule has 0 saturated carbocycles. The summed E-state index contributed by atoms with van der Waals surface area (Å²) in [5, 5.41) is 0. The van der Waals surface area contributed by atoms with Gasteiger partial charge in [-0.2, -0.15) is 0 Å². The van der Waals surface area contributed by atoms with Crippen LogP contribution >= 0.6 is 15.9 Å². The number of pyridine rings is 1. The van der Waals surface area contributed by atoms with Gasteiger partial charge in [-0.05, 0) is 28.1 Å². The first-order valence-corrected chi connectivity index (χ1v) is 4.19.